The van der Waals surface area contributed by atoms with Gasteiger partial charge in [-0.3, -0.25) is 0 Å². The summed E-state index contributed by atoms with van der Waals surface area (Å²) in [6.45, 7) is 7.10. The number of fused-ring (bicyclic) bond motifs is 1. The van der Waals surface area contributed by atoms with E-state index in [1.165, 1.54) is 25.7 Å². The first kappa shape index (κ1) is 10.6. The molecule has 2 nitrogen and oxygen atoms in total. The van der Waals surface area contributed by atoms with Gasteiger partial charge in [0.1, 0.15) is 0 Å². The van der Waals surface area contributed by atoms with E-state index in [1.807, 2.05) is 6.21 Å². The van der Waals surface area contributed by atoms with Gasteiger partial charge in [-0.15, -0.1) is 5.16 Å². The molecule has 0 radical (unpaired) electrons. The predicted octanol–water partition coefficient (Wildman–Crippen LogP) is 3.54. The van der Waals surface area contributed by atoms with Gasteiger partial charge < -0.3 is 5.21 Å². The minimum absolute atomic E-state index is 0.128. The summed E-state index contributed by atoms with van der Waals surface area (Å²) in [5, 5.41) is 12.3. The van der Waals surface area contributed by atoms with Crippen LogP contribution in [0.1, 0.15) is 46.5 Å². The second-order valence-corrected chi connectivity index (χ2v) is 6.82. The molecule has 3 aliphatic carbocycles. The Labute approximate surface area is 98.1 Å². The summed E-state index contributed by atoms with van der Waals surface area (Å²) in [7, 11) is 0. The van der Waals surface area contributed by atoms with E-state index in [0.717, 1.165) is 17.8 Å². The first-order valence-electron chi connectivity index (χ1n) is 6.73. The third kappa shape index (κ3) is 0.970. The Balaban J connectivity index is 2.05. The molecule has 2 bridgehead atoms. The van der Waals surface area contributed by atoms with Crippen molar-refractivity contribution in [2.75, 3.05) is 0 Å². The molecule has 16 heavy (non-hydrogen) atoms. The Morgan fingerprint density at radius 3 is 2.69 bits per heavy atom. The monoisotopic (exact) mass is 221 g/mol. The Morgan fingerprint density at radius 1 is 1.31 bits per heavy atom. The van der Waals surface area contributed by atoms with Gasteiger partial charge in [0.15, 0.2) is 0 Å². The highest BCUT2D eigenvalue weighted by atomic mass is 16.4. The van der Waals surface area contributed by atoms with Crippen LogP contribution in [0.25, 0.3) is 0 Å². The Morgan fingerprint density at radius 2 is 2.06 bits per heavy atom. The average molecular weight is 221 g/mol. The van der Waals surface area contributed by atoms with E-state index in [4.69, 9.17) is 5.21 Å². The minimum Gasteiger partial charge on any atom is -0.411 e. The third-order valence-electron chi connectivity index (χ3n) is 6.67. The van der Waals surface area contributed by atoms with Crippen LogP contribution >= 0.6 is 0 Å². The molecule has 3 saturated carbocycles. The summed E-state index contributed by atoms with van der Waals surface area (Å²) in [6.07, 6.45) is 7.52. The van der Waals surface area contributed by atoms with Crippen molar-refractivity contribution in [2.45, 2.75) is 46.5 Å². The molecule has 0 aromatic heterocycles. The predicted molar refractivity (Wildman–Crippen MR) is 64.6 cm³/mol. The zero-order valence-electron chi connectivity index (χ0n) is 10.6. The van der Waals surface area contributed by atoms with Gasteiger partial charge in [-0.25, -0.2) is 0 Å². The number of rotatable bonds is 1. The molecular weight excluding hydrogens is 198 g/mol. The molecule has 1 spiro atoms. The largest absolute Gasteiger partial charge is 0.411 e. The van der Waals surface area contributed by atoms with Crippen LogP contribution in [0.3, 0.4) is 0 Å². The highest BCUT2D eigenvalue weighted by Gasteiger charge is 2.67. The molecule has 2 heteroatoms. The van der Waals surface area contributed by atoms with Crippen molar-refractivity contribution in [3.05, 3.63) is 0 Å². The molecule has 0 saturated heterocycles. The summed E-state index contributed by atoms with van der Waals surface area (Å²) in [5.74, 6) is 3.16. The third-order valence-corrected chi connectivity index (χ3v) is 6.67. The Hall–Kier alpha value is -0.530. The van der Waals surface area contributed by atoms with Crippen LogP contribution in [0.2, 0.25) is 0 Å². The van der Waals surface area contributed by atoms with Crippen molar-refractivity contribution in [3.8, 4) is 0 Å². The summed E-state index contributed by atoms with van der Waals surface area (Å²) < 4.78 is 0. The van der Waals surface area contributed by atoms with Crippen molar-refractivity contribution in [2.24, 2.45) is 39.7 Å². The van der Waals surface area contributed by atoms with Crippen molar-refractivity contribution >= 4 is 6.21 Å². The molecule has 3 fully saturated rings. The van der Waals surface area contributed by atoms with E-state index < -0.39 is 0 Å². The van der Waals surface area contributed by atoms with E-state index in [-0.39, 0.29) is 5.41 Å². The van der Waals surface area contributed by atoms with Gasteiger partial charge in [0.05, 0.1) is 6.21 Å². The molecular formula is C14H23NO. The average Bonchev–Trinajstić information content (AvgIpc) is 2.88. The molecule has 3 rings (SSSR count). The zero-order chi connectivity index (χ0) is 11.6. The van der Waals surface area contributed by atoms with Crippen LogP contribution in [0.15, 0.2) is 5.16 Å². The van der Waals surface area contributed by atoms with E-state index in [1.54, 1.807) is 0 Å². The highest BCUT2D eigenvalue weighted by Crippen LogP contribution is 2.73. The first-order valence-corrected chi connectivity index (χ1v) is 6.73. The molecule has 6 atom stereocenters. The standard InChI is InChI=1S/C14H23NO/c1-9-10(2)14-5-4-11(7-14)6-12(14)13(9,3)8-15-16/h8-12,16H,4-7H2,1-3H3/t9?,10?,11-,12?,13?,14-/m0/s1. The number of nitrogens with zero attached hydrogens (tertiary/aromatic N) is 1. The van der Waals surface area contributed by atoms with Crippen LogP contribution in [0, 0.1) is 34.5 Å². The van der Waals surface area contributed by atoms with Crippen LogP contribution in [0.4, 0.5) is 0 Å². The fourth-order valence-corrected chi connectivity index (χ4v) is 5.59. The summed E-state index contributed by atoms with van der Waals surface area (Å²) in [4.78, 5) is 0. The lowest BCUT2D eigenvalue weighted by Gasteiger charge is -2.36. The van der Waals surface area contributed by atoms with Gasteiger partial charge in [-0.05, 0) is 54.8 Å². The lowest BCUT2D eigenvalue weighted by molar-refractivity contribution is 0.142. The Bertz CT molecular complexity index is 340. The maximum absolute atomic E-state index is 8.95. The van der Waals surface area contributed by atoms with Crippen molar-refractivity contribution < 1.29 is 5.21 Å². The number of hydrogen-bond acceptors (Lipinski definition) is 2. The maximum Gasteiger partial charge on any atom is 0.0500 e. The lowest BCUT2D eigenvalue weighted by Crippen LogP contribution is -2.33. The van der Waals surface area contributed by atoms with Crippen LogP contribution in [0.5, 0.6) is 0 Å². The number of hydrogen-bond donors (Lipinski definition) is 1. The van der Waals surface area contributed by atoms with E-state index in [0.29, 0.717) is 11.3 Å². The van der Waals surface area contributed by atoms with E-state index in [2.05, 4.69) is 25.9 Å². The minimum atomic E-state index is 0.128. The van der Waals surface area contributed by atoms with Gasteiger partial charge in [0, 0.05) is 5.41 Å². The van der Waals surface area contributed by atoms with Crippen molar-refractivity contribution in [3.63, 3.8) is 0 Å². The Kier molecular flexibility index (Phi) is 2.01. The van der Waals surface area contributed by atoms with Gasteiger partial charge in [-0.1, -0.05) is 20.8 Å². The highest BCUT2D eigenvalue weighted by molar-refractivity contribution is 5.67. The van der Waals surface area contributed by atoms with Gasteiger partial charge in [0.2, 0.25) is 0 Å². The smallest absolute Gasteiger partial charge is 0.0500 e. The fourth-order valence-electron chi connectivity index (χ4n) is 5.59. The van der Waals surface area contributed by atoms with Gasteiger partial charge >= 0.3 is 0 Å². The lowest BCUT2D eigenvalue weighted by atomic mass is 9.67. The molecule has 3 aliphatic rings. The molecule has 90 valence electrons. The first-order chi connectivity index (χ1) is 7.54. The molecule has 0 amide bonds. The zero-order valence-corrected chi connectivity index (χ0v) is 10.6. The molecule has 0 aromatic rings. The molecule has 0 heterocycles. The summed E-state index contributed by atoms with van der Waals surface area (Å²) in [5.41, 5.74) is 0.712. The van der Waals surface area contributed by atoms with Crippen LogP contribution in [-0.4, -0.2) is 11.4 Å². The maximum atomic E-state index is 8.95. The SMILES string of the molecule is CC1C(C)[C@@]23CC[C@@H](CC2C1(C)C=NO)C3. The summed E-state index contributed by atoms with van der Waals surface area (Å²) in [6, 6.07) is 0. The van der Waals surface area contributed by atoms with E-state index >= 15 is 0 Å². The fraction of sp³-hybridized carbons (Fsp3) is 0.929. The number of oxime groups is 1. The van der Waals surface area contributed by atoms with Crippen molar-refractivity contribution in [1.82, 2.24) is 0 Å². The quantitative estimate of drug-likeness (QED) is 0.410. The molecule has 4 unspecified atom stereocenters. The normalized spacial score (nSPS) is 59.7. The molecule has 1 N–H and O–H groups in total. The van der Waals surface area contributed by atoms with Crippen LogP contribution < -0.4 is 0 Å². The topological polar surface area (TPSA) is 32.6 Å². The van der Waals surface area contributed by atoms with Gasteiger partial charge in [0.25, 0.3) is 0 Å². The van der Waals surface area contributed by atoms with Gasteiger partial charge in [-0.2, -0.15) is 0 Å². The van der Waals surface area contributed by atoms with Crippen molar-refractivity contribution in [1.29, 1.82) is 0 Å². The van der Waals surface area contributed by atoms with Crippen LogP contribution in [-0.2, 0) is 0 Å². The summed E-state index contributed by atoms with van der Waals surface area (Å²) >= 11 is 0. The molecule has 0 aliphatic heterocycles. The second kappa shape index (κ2) is 3.02. The second-order valence-electron chi connectivity index (χ2n) is 6.82. The van der Waals surface area contributed by atoms with E-state index in [9.17, 15) is 0 Å². The molecule has 0 aromatic carbocycles.